The van der Waals surface area contributed by atoms with E-state index in [9.17, 15) is 5.26 Å². The predicted molar refractivity (Wildman–Crippen MR) is 129 cm³/mol. The van der Waals surface area contributed by atoms with E-state index in [0.717, 1.165) is 49.9 Å². The van der Waals surface area contributed by atoms with Gasteiger partial charge in [0.1, 0.15) is 12.6 Å². The summed E-state index contributed by atoms with van der Waals surface area (Å²) in [6.45, 7) is 6.44. The van der Waals surface area contributed by atoms with Crippen LogP contribution in [0.3, 0.4) is 0 Å². The third-order valence-electron chi connectivity index (χ3n) is 6.28. The van der Waals surface area contributed by atoms with Gasteiger partial charge in [0.05, 0.1) is 17.2 Å². The number of pyridine rings is 1. The van der Waals surface area contributed by atoms with E-state index in [4.69, 9.17) is 4.42 Å². The molecule has 0 aliphatic carbocycles. The van der Waals surface area contributed by atoms with Gasteiger partial charge in [-0.15, -0.1) is 0 Å². The third kappa shape index (κ3) is 3.16. The Kier molecular flexibility index (Phi) is 4.79. The summed E-state index contributed by atoms with van der Waals surface area (Å²) in [4.78, 5) is 0. The molecule has 3 aromatic carbocycles. The molecule has 5 rings (SSSR count). The van der Waals surface area contributed by atoms with Gasteiger partial charge in [-0.05, 0) is 59.4 Å². The van der Waals surface area contributed by atoms with Crippen molar-refractivity contribution < 1.29 is 8.98 Å². The van der Waals surface area contributed by atoms with E-state index >= 15 is 0 Å². The minimum Gasteiger partial charge on any atom is -0.455 e. The first-order valence-corrected chi connectivity index (χ1v) is 10.9. The Morgan fingerprint density at radius 2 is 1.69 bits per heavy atom. The summed E-state index contributed by atoms with van der Waals surface area (Å²) >= 11 is 0. The highest BCUT2D eigenvalue weighted by Gasteiger charge is 2.23. The van der Waals surface area contributed by atoms with Crippen LogP contribution in [0.25, 0.3) is 44.3 Å². The van der Waals surface area contributed by atoms with E-state index in [1.54, 1.807) is 0 Å². The van der Waals surface area contributed by atoms with E-state index in [0.29, 0.717) is 11.5 Å². The van der Waals surface area contributed by atoms with Crippen molar-refractivity contribution in [3.05, 3.63) is 89.6 Å². The number of nitrogens with zero attached hydrogens (tertiary/aromatic N) is 2. The summed E-state index contributed by atoms with van der Waals surface area (Å²) in [6.07, 6.45) is 2.03. The standard InChI is InChI=1S/C29H25N2O/c1-18(2)20-8-10-21(11-9-20)22-12-13-26-24(16-22)28-23(17-30)15-19(3)27(29(28)32-26)25-7-5-6-14-31(25)4/h5-16,18H,1-4H3/q+1. The van der Waals surface area contributed by atoms with Gasteiger partial charge in [-0.2, -0.15) is 5.26 Å². The summed E-state index contributed by atoms with van der Waals surface area (Å²) in [6, 6.07) is 25.5. The fourth-order valence-electron chi connectivity index (χ4n) is 4.51. The molecule has 156 valence electrons. The molecule has 0 aliphatic rings. The maximum absolute atomic E-state index is 9.93. The van der Waals surface area contributed by atoms with Crippen molar-refractivity contribution in [3.63, 3.8) is 0 Å². The summed E-state index contributed by atoms with van der Waals surface area (Å²) in [7, 11) is 2.03. The van der Waals surface area contributed by atoms with Gasteiger partial charge in [0, 0.05) is 22.9 Å². The van der Waals surface area contributed by atoms with Crippen molar-refractivity contribution in [2.24, 2.45) is 7.05 Å². The molecule has 32 heavy (non-hydrogen) atoms. The van der Waals surface area contributed by atoms with Gasteiger partial charge in [0.25, 0.3) is 0 Å². The van der Waals surface area contributed by atoms with Crippen LogP contribution in [-0.4, -0.2) is 0 Å². The predicted octanol–water partition coefficient (Wildman–Crippen LogP) is 7.05. The first kappa shape index (κ1) is 20.0. The average molecular weight is 418 g/mol. The maximum Gasteiger partial charge on any atom is 0.216 e. The van der Waals surface area contributed by atoms with E-state index in [1.165, 1.54) is 5.56 Å². The van der Waals surface area contributed by atoms with Crippen molar-refractivity contribution in [1.29, 1.82) is 5.26 Å². The van der Waals surface area contributed by atoms with Crippen molar-refractivity contribution in [1.82, 2.24) is 0 Å². The molecular formula is C29H25N2O+. The molecule has 0 fully saturated rings. The molecule has 0 radical (unpaired) electrons. The molecular weight excluding hydrogens is 392 g/mol. The molecule has 0 N–H and O–H groups in total. The van der Waals surface area contributed by atoms with Gasteiger partial charge in [-0.3, -0.25) is 0 Å². The van der Waals surface area contributed by atoms with Crippen molar-refractivity contribution >= 4 is 21.9 Å². The Morgan fingerprint density at radius 3 is 2.38 bits per heavy atom. The molecule has 0 spiro atoms. The van der Waals surface area contributed by atoms with E-state index in [2.05, 4.69) is 66.9 Å². The number of hydrogen-bond donors (Lipinski definition) is 0. The molecule has 2 aromatic heterocycles. The van der Waals surface area contributed by atoms with Crippen LogP contribution in [0.4, 0.5) is 0 Å². The first-order chi connectivity index (χ1) is 15.5. The third-order valence-corrected chi connectivity index (χ3v) is 6.28. The van der Waals surface area contributed by atoms with Crippen LogP contribution in [0.15, 0.2) is 77.3 Å². The van der Waals surface area contributed by atoms with Crippen LogP contribution in [-0.2, 0) is 7.05 Å². The molecule has 0 atom stereocenters. The van der Waals surface area contributed by atoms with Gasteiger partial charge < -0.3 is 4.42 Å². The normalized spacial score (nSPS) is 11.4. The average Bonchev–Trinajstić information content (AvgIpc) is 3.18. The highest BCUT2D eigenvalue weighted by Crippen LogP contribution is 2.40. The highest BCUT2D eigenvalue weighted by molar-refractivity contribution is 6.13. The largest absolute Gasteiger partial charge is 0.455 e. The molecule has 0 unspecified atom stereocenters. The second-order valence-corrected chi connectivity index (χ2v) is 8.72. The van der Waals surface area contributed by atoms with Crippen LogP contribution >= 0.6 is 0 Å². The highest BCUT2D eigenvalue weighted by atomic mass is 16.3. The van der Waals surface area contributed by atoms with Crippen LogP contribution in [0.2, 0.25) is 0 Å². The van der Waals surface area contributed by atoms with Gasteiger partial charge in [-0.1, -0.05) is 44.2 Å². The minimum atomic E-state index is 0.503. The summed E-state index contributed by atoms with van der Waals surface area (Å²) in [5.41, 5.74) is 8.92. The van der Waals surface area contributed by atoms with Crippen LogP contribution in [0.1, 0.15) is 36.5 Å². The molecule has 0 saturated carbocycles. The fraction of sp³-hybridized carbons (Fsp3) is 0.172. The lowest BCUT2D eigenvalue weighted by Gasteiger charge is -2.08. The molecule has 3 nitrogen and oxygen atoms in total. The SMILES string of the molecule is Cc1cc(C#N)c2c(oc3ccc(-c4ccc(C(C)C)cc4)cc32)c1-c1cccc[n+]1C. The van der Waals surface area contributed by atoms with Crippen molar-refractivity contribution in [2.45, 2.75) is 26.7 Å². The molecule has 2 heterocycles. The van der Waals surface area contributed by atoms with Gasteiger partial charge in [0.15, 0.2) is 11.8 Å². The first-order valence-electron chi connectivity index (χ1n) is 10.9. The topological polar surface area (TPSA) is 40.8 Å². The monoisotopic (exact) mass is 417 g/mol. The number of benzene rings is 3. The Morgan fingerprint density at radius 1 is 0.938 bits per heavy atom. The molecule has 0 bridgehead atoms. The van der Waals surface area contributed by atoms with Crippen molar-refractivity contribution in [3.8, 4) is 28.5 Å². The van der Waals surface area contributed by atoms with Crippen molar-refractivity contribution in [2.75, 3.05) is 0 Å². The Bertz CT molecular complexity index is 1520. The summed E-state index contributed by atoms with van der Waals surface area (Å²) < 4.78 is 8.48. The van der Waals surface area contributed by atoms with E-state index < -0.39 is 0 Å². The molecule has 3 heteroatoms. The van der Waals surface area contributed by atoms with Crippen LogP contribution in [0, 0.1) is 18.3 Å². The molecule has 0 aliphatic heterocycles. The van der Waals surface area contributed by atoms with E-state index in [-0.39, 0.29) is 0 Å². The van der Waals surface area contributed by atoms with E-state index in [1.807, 2.05) is 44.4 Å². The zero-order chi connectivity index (χ0) is 22.4. The minimum absolute atomic E-state index is 0.503. The van der Waals surface area contributed by atoms with Crippen LogP contribution in [0.5, 0.6) is 0 Å². The second kappa shape index (κ2) is 7.66. The lowest BCUT2D eigenvalue weighted by atomic mass is 9.95. The Hall–Kier alpha value is -3.90. The number of fused-ring (bicyclic) bond motifs is 3. The number of nitriles is 1. The molecule has 0 amide bonds. The van der Waals surface area contributed by atoms with Gasteiger partial charge in [0.2, 0.25) is 5.69 Å². The lowest BCUT2D eigenvalue weighted by Crippen LogP contribution is -2.30. The smallest absolute Gasteiger partial charge is 0.216 e. The van der Waals surface area contributed by atoms with Gasteiger partial charge in [-0.25, -0.2) is 4.57 Å². The maximum atomic E-state index is 9.93. The molecule has 0 saturated heterocycles. The Labute approximate surface area is 188 Å². The Balaban J connectivity index is 1.79. The number of rotatable bonds is 3. The fourth-order valence-corrected chi connectivity index (χ4v) is 4.51. The lowest BCUT2D eigenvalue weighted by molar-refractivity contribution is -0.660. The van der Waals surface area contributed by atoms with Gasteiger partial charge >= 0.3 is 0 Å². The molecule has 5 aromatic rings. The van der Waals surface area contributed by atoms with Crippen LogP contribution < -0.4 is 4.57 Å². The zero-order valence-corrected chi connectivity index (χ0v) is 18.8. The zero-order valence-electron chi connectivity index (χ0n) is 18.8. The number of hydrogen-bond acceptors (Lipinski definition) is 2. The number of aromatic nitrogens is 1. The summed E-state index contributed by atoms with van der Waals surface area (Å²) in [5, 5.41) is 11.8. The quantitative estimate of drug-likeness (QED) is 0.295. The summed E-state index contributed by atoms with van der Waals surface area (Å²) in [5.74, 6) is 0.503. The second-order valence-electron chi connectivity index (χ2n) is 8.72. The number of aryl methyl sites for hydroxylation is 2. The number of furan rings is 1.